The molecule has 1 aromatic rings. The Kier molecular flexibility index (Phi) is 3.55. The zero-order chi connectivity index (χ0) is 13.9. The van der Waals surface area contributed by atoms with Gasteiger partial charge in [0, 0.05) is 5.69 Å². The SMILES string of the molecule is O=C(Nc1cccc(C(F)(F)F)c1)C1=CCN=CN1. The number of nitrogens with one attached hydrogen (secondary N) is 2. The molecular formula is C12H10F3N3O. The Labute approximate surface area is 107 Å². The lowest BCUT2D eigenvalue weighted by Crippen LogP contribution is -2.27. The maximum absolute atomic E-state index is 12.5. The topological polar surface area (TPSA) is 53.5 Å². The van der Waals surface area contributed by atoms with Crippen LogP contribution in [-0.4, -0.2) is 18.8 Å². The van der Waals surface area contributed by atoms with Crippen molar-refractivity contribution < 1.29 is 18.0 Å². The smallest absolute Gasteiger partial charge is 0.342 e. The summed E-state index contributed by atoms with van der Waals surface area (Å²) in [7, 11) is 0. The molecule has 1 amide bonds. The fourth-order valence-corrected chi connectivity index (χ4v) is 1.50. The molecule has 0 saturated heterocycles. The highest BCUT2D eigenvalue weighted by atomic mass is 19.4. The number of alkyl halides is 3. The average molecular weight is 269 g/mol. The van der Waals surface area contributed by atoms with E-state index < -0.39 is 17.6 Å². The second kappa shape index (κ2) is 5.13. The highest BCUT2D eigenvalue weighted by Gasteiger charge is 2.30. The number of benzene rings is 1. The van der Waals surface area contributed by atoms with E-state index in [4.69, 9.17) is 0 Å². The lowest BCUT2D eigenvalue weighted by Gasteiger charge is -2.12. The van der Waals surface area contributed by atoms with Crippen LogP contribution in [0.4, 0.5) is 18.9 Å². The van der Waals surface area contributed by atoms with Crippen molar-refractivity contribution >= 4 is 17.9 Å². The molecule has 7 heteroatoms. The second-order valence-electron chi connectivity index (χ2n) is 3.79. The Bertz CT molecular complexity index is 549. The Morgan fingerprint density at radius 2 is 2.16 bits per heavy atom. The predicted octanol–water partition coefficient (Wildman–Crippen LogP) is 2.16. The number of hydrogen-bond donors (Lipinski definition) is 2. The number of amides is 1. The van der Waals surface area contributed by atoms with E-state index in [0.29, 0.717) is 6.54 Å². The van der Waals surface area contributed by atoms with Gasteiger partial charge in [-0.05, 0) is 24.3 Å². The van der Waals surface area contributed by atoms with Crippen LogP contribution in [0, 0.1) is 0 Å². The highest BCUT2D eigenvalue weighted by molar-refractivity contribution is 6.05. The van der Waals surface area contributed by atoms with Crippen molar-refractivity contribution in [1.29, 1.82) is 0 Å². The molecule has 1 aromatic carbocycles. The number of anilines is 1. The van der Waals surface area contributed by atoms with Crippen molar-refractivity contribution in [3.05, 3.63) is 41.6 Å². The van der Waals surface area contributed by atoms with Crippen LogP contribution >= 0.6 is 0 Å². The van der Waals surface area contributed by atoms with Gasteiger partial charge in [-0.25, -0.2) is 0 Å². The minimum absolute atomic E-state index is 0.0880. The highest BCUT2D eigenvalue weighted by Crippen LogP contribution is 2.30. The van der Waals surface area contributed by atoms with Crippen molar-refractivity contribution in [3.8, 4) is 0 Å². The van der Waals surface area contributed by atoms with Crippen LogP contribution in [0.15, 0.2) is 41.0 Å². The Morgan fingerprint density at radius 1 is 1.37 bits per heavy atom. The standard InChI is InChI=1S/C12H10F3N3O/c13-12(14,15)8-2-1-3-9(6-8)18-11(19)10-4-5-16-7-17-10/h1-4,6-7H,5H2,(H,16,17)(H,18,19). The number of rotatable bonds is 2. The van der Waals surface area contributed by atoms with Gasteiger partial charge in [-0.1, -0.05) is 6.07 Å². The molecule has 2 rings (SSSR count). The van der Waals surface area contributed by atoms with Gasteiger partial charge in [0.2, 0.25) is 0 Å². The largest absolute Gasteiger partial charge is 0.416 e. The fraction of sp³-hybridized carbons (Fsp3) is 0.167. The molecule has 0 fully saturated rings. The van der Waals surface area contributed by atoms with Crippen molar-refractivity contribution in [1.82, 2.24) is 5.32 Å². The van der Waals surface area contributed by atoms with E-state index in [-0.39, 0.29) is 11.4 Å². The molecule has 0 unspecified atom stereocenters. The minimum atomic E-state index is -4.43. The molecule has 0 radical (unpaired) electrons. The number of aliphatic imine (C=N–C) groups is 1. The first-order valence-corrected chi connectivity index (χ1v) is 5.40. The fourth-order valence-electron chi connectivity index (χ4n) is 1.50. The molecule has 0 saturated carbocycles. The van der Waals surface area contributed by atoms with E-state index in [2.05, 4.69) is 15.6 Å². The van der Waals surface area contributed by atoms with Gasteiger partial charge in [0.05, 0.1) is 18.4 Å². The summed E-state index contributed by atoms with van der Waals surface area (Å²) in [6.45, 7) is 0.359. The quantitative estimate of drug-likeness (QED) is 0.864. The van der Waals surface area contributed by atoms with Gasteiger partial charge in [0.15, 0.2) is 0 Å². The summed E-state index contributed by atoms with van der Waals surface area (Å²) in [5.41, 5.74) is -0.463. The Hall–Kier alpha value is -2.31. The number of carbonyl (C=O) groups is 1. The van der Waals surface area contributed by atoms with Gasteiger partial charge in [0.25, 0.3) is 5.91 Å². The normalized spacial score (nSPS) is 14.6. The average Bonchev–Trinajstić information content (AvgIpc) is 2.39. The zero-order valence-corrected chi connectivity index (χ0v) is 9.66. The van der Waals surface area contributed by atoms with E-state index in [9.17, 15) is 18.0 Å². The maximum Gasteiger partial charge on any atom is 0.416 e. The molecule has 4 nitrogen and oxygen atoms in total. The summed E-state index contributed by atoms with van der Waals surface area (Å²) < 4.78 is 37.5. The second-order valence-corrected chi connectivity index (χ2v) is 3.79. The van der Waals surface area contributed by atoms with Gasteiger partial charge in [-0.2, -0.15) is 13.2 Å². The van der Waals surface area contributed by atoms with Crippen LogP contribution in [0.5, 0.6) is 0 Å². The molecule has 1 heterocycles. The van der Waals surface area contributed by atoms with Crippen LogP contribution in [0.3, 0.4) is 0 Å². The van der Waals surface area contributed by atoms with Crippen LogP contribution in [-0.2, 0) is 11.0 Å². The summed E-state index contributed by atoms with van der Waals surface area (Å²) in [5, 5.41) is 5.01. The van der Waals surface area contributed by atoms with Crippen molar-refractivity contribution in [2.24, 2.45) is 4.99 Å². The monoisotopic (exact) mass is 269 g/mol. The van der Waals surface area contributed by atoms with Crippen LogP contribution in [0.1, 0.15) is 5.56 Å². The Morgan fingerprint density at radius 3 is 2.79 bits per heavy atom. The first-order valence-electron chi connectivity index (χ1n) is 5.40. The van der Waals surface area contributed by atoms with Crippen molar-refractivity contribution in [2.75, 3.05) is 11.9 Å². The van der Waals surface area contributed by atoms with Crippen LogP contribution < -0.4 is 10.6 Å². The molecule has 100 valence electrons. The number of hydrogen-bond acceptors (Lipinski definition) is 3. The van der Waals surface area contributed by atoms with E-state index >= 15 is 0 Å². The molecular weight excluding hydrogens is 259 g/mol. The zero-order valence-electron chi connectivity index (χ0n) is 9.66. The van der Waals surface area contributed by atoms with Gasteiger partial charge in [-0.3, -0.25) is 9.79 Å². The van der Waals surface area contributed by atoms with Crippen LogP contribution in [0.2, 0.25) is 0 Å². The molecule has 0 spiro atoms. The Balaban J connectivity index is 2.11. The van der Waals surface area contributed by atoms with E-state index in [1.807, 2.05) is 0 Å². The lowest BCUT2D eigenvalue weighted by molar-refractivity contribution is -0.137. The third kappa shape index (κ3) is 3.34. The van der Waals surface area contributed by atoms with E-state index in [0.717, 1.165) is 12.1 Å². The van der Waals surface area contributed by atoms with E-state index in [1.54, 1.807) is 6.08 Å². The lowest BCUT2D eigenvalue weighted by atomic mass is 10.2. The summed E-state index contributed by atoms with van der Waals surface area (Å²) in [4.78, 5) is 15.6. The minimum Gasteiger partial charge on any atom is -0.342 e. The third-order valence-corrected chi connectivity index (χ3v) is 2.40. The van der Waals surface area contributed by atoms with Gasteiger partial charge >= 0.3 is 6.18 Å². The van der Waals surface area contributed by atoms with Crippen LogP contribution in [0.25, 0.3) is 0 Å². The van der Waals surface area contributed by atoms with Gasteiger partial charge < -0.3 is 10.6 Å². The predicted molar refractivity (Wildman–Crippen MR) is 64.7 cm³/mol. The van der Waals surface area contributed by atoms with Crippen molar-refractivity contribution in [3.63, 3.8) is 0 Å². The number of halogens is 3. The molecule has 0 bridgehead atoms. The van der Waals surface area contributed by atoms with E-state index in [1.165, 1.54) is 18.5 Å². The molecule has 1 aliphatic heterocycles. The molecule has 0 aromatic heterocycles. The first kappa shape index (κ1) is 13.1. The van der Waals surface area contributed by atoms with Gasteiger partial charge in [-0.15, -0.1) is 0 Å². The number of carbonyl (C=O) groups excluding carboxylic acids is 1. The molecule has 0 aliphatic carbocycles. The third-order valence-electron chi connectivity index (χ3n) is 2.40. The summed E-state index contributed by atoms with van der Waals surface area (Å²) in [6.07, 6.45) is -1.53. The molecule has 0 atom stereocenters. The summed E-state index contributed by atoms with van der Waals surface area (Å²) in [5.74, 6) is -0.509. The van der Waals surface area contributed by atoms with Gasteiger partial charge in [0.1, 0.15) is 5.70 Å². The molecule has 1 aliphatic rings. The number of nitrogens with zero attached hydrogens (tertiary/aromatic N) is 1. The molecule has 2 N–H and O–H groups in total. The summed E-state index contributed by atoms with van der Waals surface area (Å²) >= 11 is 0. The maximum atomic E-state index is 12.5. The molecule has 19 heavy (non-hydrogen) atoms. The summed E-state index contributed by atoms with van der Waals surface area (Å²) in [6, 6.07) is 4.46. The van der Waals surface area contributed by atoms with Crippen molar-refractivity contribution in [2.45, 2.75) is 6.18 Å². The first-order chi connectivity index (χ1) is 8.97.